The van der Waals surface area contributed by atoms with Crippen molar-refractivity contribution in [1.29, 1.82) is 0 Å². The molecule has 1 saturated carbocycles. The lowest BCUT2D eigenvalue weighted by Gasteiger charge is -2.53. The molecule has 1 aromatic rings. The normalized spacial score (nSPS) is 31.1. The molecule has 18 heavy (non-hydrogen) atoms. The van der Waals surface area contributed by atoms with E-state index >= 15 is 0 Å². The van der Waals surface area contributed by atoms with Crippen LogP contribution in [0.5, 0.6) is 0 Å². The first kappa shape index (κ1) is 13.4. The van der Waals surface area contributed by atoms with E-state index in [-0.39, 0.29) is 5.41 Å². The second-order valence-corrected chi connectivity index (χ2v) is 5.17. The summed E-state index contributed by atoms with van der Waals surface area (Å²) in [5.41, 5.74) is 1.30. The Kier molecular flexibility index (Phi) is 4.30. The maximum absolute atomic E-state index is 5.80. The monoisotopic (exact) mass is 249 g/mol. The van der Waals surface area contributed by atoms with Crippen LogP contribution in [-0.4, -0.2) is 28.7 Å². The Bertz CT molecular complexity index is 371. The number of nitrogens with zero attached hydrogens (tertiary/aromatic N) is 2. The van der Waals surface area contributed by atoms with E-state index < -0.39 is 0 Å². The van der Waals surface area contributed by atoms with Gasteiger partial charge in [0.05, 0.1) is 11.8 Å². The number of ether oxygens (including phenoxy) is 1. The number of rotatable bonds is 6. The standard InChI is InChI=1S/C14H23N3O/c1-4-14(3)12(8-13(14)18-5-2)16-9-11-6-7-15-10-17-11/h6-7,10,12-13,16H,4-5,8-9H2,1-3H3. The van der Waals surface area contributed by atoms with Gasteiger partial charge in [0, 0.05) is 30.8 Å². The molecular weight excluding hydrogens is 226 g/mol. The average Bonchev–Trinajstić information content (AvgIpc) is 2.42. The predicted molar refractivity (Wildman–Crippen MR) is 71.1 cm³/mol. The lowest BCUT2D eigenvalue weighted by Crippen LogP contribution is -2.62. The number of nitrogens with one attached hydrogen (secondary N) is 1. The zero-order chi connectivity index (χ0) is 13.0. The first-order chi connectivity index (χ1) is 8.70. The van der Waals surface area contributed by atoms with E-state index in [1.165, 1.54) is 0 Å². The van der Waals surface area contributed by atoms with E-state index in [4.69, 9.17) is 4.74 Å². The van der Waals surface area contributed by atoms with E-state index in [2.05, 4.69) is 36.1 Å². The van der Waals surface area contributed by atoms with Gasteiger partial charge in [-0.25, -0.2) is 9.97 Å². The van der Waals surface area contributed by atoms with Gasteiger partial charge in [0.2, 0.25) is 0 Å². The third-order valence-corrected chi connectivity index (χ3v) is 4.28. The van der Waals surface area contributed by atoms with Gasteiger partial charge in [0.1, 0.15) is 6.33 Å². The molecule has 1 fully saturated rings. The summed E-state index contributed by atoms with van der Waals surface area (Å²) in [5.74, 6) is 0. The van der Waals surface area contributed by atoms with Crippen LogP contribution in [0, 0.1) is 5.41 Å². The first-order valence-electron chi connectivity index (χ1n) is 6.80. The highest BCUT2D eigenvalue weighted by Gasteiger charge is 2.50. The molecule has 0 radical (unpaired) electrons. The summed E-state index contributed by atoms with van der Waals surface area (Å²) < 4.78 is 5.80. The second-order valence-electron chi connectivity index (χ2n) is 5.17. The molecule has 0 bridgehead atoms. The van der Waals surface area contributed by atoms with Crippen molar-refractivity contribution in [3.8, 4) is 0 Å². The molecule has 1 N–H and O–H groups in total. The molecule has 0 aromatic carbocycles. The van der Waals surface area contributed by atoms with E-state index in [1.807, 2.05) is 6.07 Å². The van der Waals surface area contributed by atoms with Crippen molar-refractivity contribution in [2.24, 2.45) is 5.41 Å². The topological polar surface area (TPSA) is 47.0 Å². The zero-order valence-corrected chi connectivity index (χ0v) is 11.5. The van der Waals surface area contributed by atoms with Gasteiger partial charge in [-0.3, -0.25) is 0 Å². The molecule has 4 nitrogen and oxygen atoms in total. The zero-order valence-electron chi connectivity index (χ0n) is 11.5. The minimum Gasteiger partial charge on any atom is -0.378 e. The smallest absolute Gasteiger partial charge is 0.115 e. The second kappa shape index (κ2) is 5.76. The molecule has 0 amide bonds. The summed E-state index contributed by atoms with van der Waals surface area (Å²) in [7, 11) is 0. The Hall–Kier alpha value is -1.00. The van der Waals surface area contributed by atoms with Crippen LogP contribution in [0.25, 0.3) is 0 Å². The lowest BCUT2D eigenvalue weighted by molar-refractivity contribution is -0.126. The van der Waals surface area contributed by atoms with Crippen molar-refractivity contribution in [2.75, 3.05) is 6.61 Å². The predicted octanol–water partition coefficient (Wildman–Crippen LogP) is 2.16. The molecule has 3 unspecified atom stereocenters. The molecular formula is C14H23N3O. The molecule has 100 valence electrons. The van der Waals surface area contributed by atoms with E-state index in [1.54, 1.807) is 12.5 Å². The molecule has 1 aliphatic rings. The number of aromatic nitrogens is 2. The highest BCUT2D eigenvalue weighted by atomic mass is 16.5. The van der Waals surface area contributed by atoms with Crippen molar-refractivity contribution >= 4 is 0 Å². The Morgan fingerprint density at radius 1 is 1.50 bits per heavy atom. The van der Waals surface area contributed by atoms with Gasteiger partial charge in [-0.05, 0) is 25.8 Å². The van der Waals surface area contributed by atoms with Gasteiger partial charge in [-0.15, -0.1) is 0 Å². The Labute approximate surface area is 109 Å². The molecule has 1 aromatic heterocycles. The fourth-order valence-corrected chi connectivity index (χ4v) is 2.72. The van der Waals surface area contributed by atoms with Gasteiger partial charge < -0.3 is 10.1 Å². The summed E-state index contributed by atoms with van der Waals surface area (Å²) in [6, 6.07) is 2.48. The Morgan fingerprint density at radius 3 is 2.94 bits per heavy atom. The maximum atomic E-state index is 5.80. The molecule has 3 atom stereocenters. The molecule has 0 aliphatic heterocycles. The van der Waals surface area contributed by atoms with Crippen molar-refractivity contribution in [2.45, 2.75) is 52.3 Å². The summed E-state index contributed by atoms with van der Waals surface area (Å²) in [4.78, 5) is 8.16. The number of hydrogen-bond donors (Lipinski definition) is 1. The van der Waals surface area contributed by atoms with Crippen LogP contribution in [0.15, 0.2) is 18.6 Å². The maximum Gasteiger partial charge on any atom is 0.115 e. The molecule has 1 aliphatic carbocycles. The quantitative estimate of drug-likeness (QED) is 0.839. The molecule has 0 spiro atoms. The highest BCUT2D eigenvalue weighted by molar-refractivity contribution is 5.06. The van der Waals surface area contributed by atoms with Gasteiger partial charge in [0.15, 0.2) is 0 Å². The van der Waals surface area contributed by atoms with Crippen LogP contribution in [0.1, 0.15) is 39.3 Å². The average molecular weight is 249 g/mol. The summed E-state index contributed by atoms with van der Waals surface area (Å²) in [5, 5.41) is 3.60. The van der Waals surface area contributed by atoms with E-state index in [0.717, 1.165) is 31.7 Å². The van der Waals surface area contributed by atoms with Crippen LogP contribution in [0.3, 0.4) is 0 Å². The summed E-state index contributed by atoms with van der Waals surface area (Å²) in [6.07, 6.45) is 6.02. The largest absolute Gasteiger partial charge is 0.378 e. The van der Waals surface area contributed by atoms with Gasteiger partial charge >= 0.3 is 0 Å². The summed E-state index contributed by atoms with van der Waals surface area (Å²) in [6.45, 7) is 8.23. The van der Waals surface area contributed by atoms with Crippen LogP contribution in [-0.2, 0) is 11.3 Å². The summed E-state index contributed by atoms with van der Waals surface area (Å²) >= 11 is 0. The third kappa shape index (κ3) is 2.54. The van der Waals surface area contributed by atoms with Crippen LogP contribution in [0.4, 0.5) is 0 Å². The van der Waals surface area contributed by atoms with Crippen molar-refractivity contribution in [3.05, 3.63) is 24.3 Å². The van der Waals surface area contributed by atoms with Gasteiger partial charge in [0.25, 0.3) is 0 Å². The molecule has 0 saturated heterocycles. The molecule has 2 rings (SSSR count). The van der Waals surface area contributed by atoms with Crippen molar-refractivity contribution < 1.29 is 4.74 Å². The first-order valence-corrected chi connectivity index (χ1v) is 6.80. The van der Waals surface area contributed by atoms with Crippen LogP contribution < -0.4 is 5.32 Å². The van der Waals surface area contributed by atoms with Gasteiger partial charge in [-0.1, -0.05) is 13.8 Å². The Morgan fingerprint density at radius 2 is 2.33 bits per heavy atom. The van der Waals surface area contributed by atoms with Gasteiger partial charge in [-0.2, -0.15) is 0 Å². The fraction of sp³-hybridized carbons (Fsp3) is 0.714. The third-order valence-electron chi connectivity index (χ3n) is 4.28. The lowest BCUT2D eigenvalue weighted by atomic mass is 9.61. The number of hydrogen-bond acceptors (Lipinski definition) is 4. The Balaban J connectivity index is 1.88. The fourth-order valence-electron chi connectivity index (χ4n) is 2.72. The highest BCUT2D eigenvalue weighted by Crippen LogP contribution is 2.45. The van der Waals surface area contributed by atoms with E-state index in [0.29, 0.717) is 12.1 Å². The SMILES string of the molecule is CCOC1CC(NCc2ccncn2)C1(C)CC. The van der Waals surface area contributed by atoms with E-state index in [9.17, 15) is 0 Å². The van der Waals surface area contributed by atoms with Crippen LogP contribution >= 0.6 is 0 Å². The van der Waals surface area contributed by atoms with Crippen LogP contribution in [0.2, 0.25) is 0 Å². The van der Waals surface area contributed by atoms with Crippen molar-refractivity contribution in [3.63, 3.8) is 0 Å². The molecule has 1 heterocycles. The minimum absolute atomic E-state index is 0.253. The minimum atomic E-state index is 0.253. The molecule has 4 heteroatoms. The van der Waals surface area contributed by atoms with Crippen molar-refractivity contribution in [1.82, 2.24) is 15.3 Å².